The molecule has 3 heterocycles. The summed E-state index contributed by atoms with van der Waals surface area (Å²) >= 11 is 5.68. The fourth-order valence-corrected chi connectivity index (χ4v) is 5.00. The van der Waals surface area contributed by atoms with E-state index in [2.05, 4.69) is 15.6 Å². The Labute approximate surface area is 225 Å². The summed E-state index contributed by atoms with van der Waals surface area (Å²) in [5, 5.41) is 16.4. The van der Waals surface area contributed by atoms with Crippen molar-refractivity contribution in [1.29, 1.82) is 0 Å². The van der Waals surface area contributed by atoms with Gasteiger partial charge in [-0.3, -0.25) is 9.78 Å². The van der Waals surface area contributed by atoms with Gasteiger partial charge < -0.3 is 25.1 Å². The van der Waals surface area contributed by atoms with Crippen molar-refractivity contribution >= 4 is 34.9 Å². The van der Waals surface area contributed by atoms with Crippen molar-refractivity contribution < 1.29 is 19.1 Å². The molecule has 192 valence electrons. The van der Waals surface area contributed by atoms with Crippen LogP contribution in [0, 0.1) is 6.92 Å². The highest BCUT2D eigenvalue weighted by Crippen LogP contribution is 2.40. The molecule has 1 amide bonds. The zero-order valence-electron chi connectivity index (χ0n) is 20.6. The van der Waals surface area contributed by atoms with Gasteiger partial charge in [0.1, 0.15) is 17.6 Å². The van der Waals surface area contributed by atoms with Crippen molar-refractivity contribution in [3.05, 3.63) is 108 Å². The van der Waals surface area contributed by atoms with Crippen molar-refractivity contribution in [2.45, 2.75) is 25.4 Å². The number of benzene rings is 2. The zero-order chi connectivity index (χ0) is 26.6. The van der Waals surface area contributed by atoms with E-state index in [1.165, 1.54) is 0 Å². The molecule has 9 heteroatoms. The lowest BCUT2D eigenvalue weighted by Gasteiger charge is -2.25. The van der Waals surface area contributed by atoms with E-state index in [-0.39, 0.29) is 23.9 Å². The van der Waals surface area contributed by atoms with Gasteiger partial charge in [-0.15, -0.1) is 0 Å². The molecular weight excluding hydrogens is 500 g/mol. The first kappa shape index (κ1) is 25.2. The molecular formula is C29H26N4O4S. The molecule has 1 fully saturated rings. The van der Waals surface area contributed by atoms with E-state index in [4.69, 9.17) is 16.6 Å². The van der Waals surface area contributed by atoms with Crippen LogP contribution in [-0.4, -0.2) is 38.5 Å². The van der Waals surface area contributed by atoms with E-state index < -0.39 is 12.0 Å². The number of nitrogens with one attached hydrogen (secondary N) is 2. The second-order valence-corrected chi connectivity index (χ2v) is 9.43. The van der Waals surface area contributed by atoms with E-state index in [1.807, 2.05) is 60.4 Å². The van der Waals surface area contributed by atoms with Crippen LogP contribution >= 0.6 is 12.2 Å². The number of hydrogen-bond acceptors (Lipinski definition) is 5. The maximum Gasteiger partial charge on any atom is 0.336 e. The number of carbonyl (C=O) groups is 2. The van der Waals surface area contributed by atoms with E-state index in [9.17, 15) is 14.7 Å². The molecule has 0 bridgehead atoms. The maximum atomic E-state index is 12.8. The van der Waals surface area contributed by atoms with Crippen LogP contribution < -0.4 is 10.6 Å². The number of aromatic nitrogens is 1. The molecule has 0 unspecified atom stereocenters. The molecule has 3 N–H and O–H groups in total. The number of aromatic carboxylic acids is 1. The predicted molar refractivity (Wildman–Crippen MR) is 148 cm³/mol. The average molecular weight is 527 g/mol. The number of carboxylic acids is 1. The number of thiocarbonyl (C=S) groups is 1. The van der Waals surface area contributed by atoms with Crippen molar-refractivity contribution in [1.82, 2.24) is 15.2 Å². The summed E-state index contributed by atoms with van der Waals surface area (Å²) in [6.45, 7) is 2.32. The van der Waals surface area contributed by atoms with Gasteiger partial charge in [0.25, 0.3) is 0 Å². The molecule has 2 aromatic heterocycles. The van der Waals surface area contributed by atoms with E-state index in [1.54, 1.807) is 36.5 Å². The Bertz CT molecular complexity index is 1490. The van der Waals surface area contributed by atoms with Crippen molar-refractivity contribution in [3.8, 4) is 11.3 Å². The molecule has 1 saturated heterocycles. The fourth-order valence-electron chi connectivity index (χ4n) is 4.66. The van der Waals surface area contributed by atoms with Gasteiger partial charge >= 0.3 is 5.97 Å². The number of anilines is 1. The van der Waals surface area contributed by atoms with Crippen LogP contribution in [0.15, 0.2) is 89.5 Å². The molecule has 0 radical (unpaired) electrons. The Hall–Kier alpha value is -4.50. The van der Waals surface area contributed by atoms with Crippen LogP contribution in [0.3, 0.4) is 0 Å². The Morgan fingerprint density at radius 3 is 2.66 bits per heavy atom. The summed E-state index contributed by atoms with van der Waals surface area (Å²) in [6.07, 6.45) is 1.92. The second-order valence-electron chi connectivity index (χ2n) is 9.04. The first-order chi connectivity index (χ1) is 18.4. The van der Waals surface area contributed by atoms with Gasteiger partial charge in [-0.05, 0) is 67.2 Å². The third-order valence-electron chi connectivity index (χ3n) is 6.42. The smallest absolute Gasteiger partial charge is 0.336 e. The molecule has 1 aliphatic heterocycles. The van der Waals surface area contributed by atoms with Gasteiger partial charge in [-0.2, -0.15) is 0 Å². The topological polar surface area (TPSA) is 108 Å². The number of amides is 1. The average Bonchev–Trinajstić information content (AvgIpc) is 3.52. The summed E-state index contributed by atoms with van der Waals surface area (Å²) in [6, 6.07) is 22.9. The van der Waals surface area contributed by atoms with Crippen LogP contribution in [0.1, 0.15) is 45.9 Å². The molecule has 2 aromatic carbocycles. The monoisotopic (exact) mass is 526 g/mol. The van der Waals surface area contributed by atoms with Crippen molar-refractivity contribution in [3.63, 3.8) is 0 Å². The van der Waals surface area contributed by atoms with Crippen LogP contribution in [0.25, 0.3) is 11.3 Å². The fraction of sp³-hybridized carbons (Fsp3) is 0.172. The summed E-state index contributed by atoms with van der Waals surface area (Å²) in [5.74, 6) is -0.140. The van der Waals surface area contributed by atoms with Crippen LogP contribution in [0.4, 0.5) is 5.69 Å². The van der Waals surface area contributed by atoms with Gasteiger partial charge in [0, 0.05) is 30.4 Å². The first-order valence-corrected chi connectivity index (χ1v) is 12.6. The number of carboxylic acid groups (broad SMARTS) is 1. The van der Waals surface area contributed by atoms with Crippen LogP contribution in [0.2, 0.25) is 0 Å². The highest BCUT2D eigenvalue weighted by molar-refractivity contribution is 7.80. The maximum absolute atomic E-state index is 12.8. The van der Waals surface area contributed by atoms with Gasteiger partial charge in [0.15, 0.2) is 5.11 Å². The minimum absolute atomic E-state index is 0.131. The molecule has 4 aromatic rings. The highest BCUT2D eigenvalue weighted by atomic mass is 32.1. The normalized spacial score (nSPS) is 16.8. The lowest BCUT2D eigenvalue weighted by Crippen LogP contribution is -2.32. The minimum atomic E-state index is -1.03. The quantitative estimate of drug-likeness (QED) is 0.264. The molecule has 1 aliphatic rings. The van der Waals surface area contributed by atoms with E-state index in [0.29, 0.717) is 28.7 Å². The molecule has 0 spiro atoms. The number of rotatable bonds is 8. The first-order valence-electron chi connectivity index (χ1n) is 12.2. The van der Waals surface area contributed by atoms with Gasteiger partial charge in [-0.1, -0.05) is 36.4 Å². The Morgan fingerprint density at radius 2 is 1.89 bits per heavy atom. The van der Waals surface area contributed by atoms with Gasteiger partial charge in [0.2, 0.25) is 5.91 Å². The third-order valence-corrected chi connectivity index (χ3v) is 6.77. The number of nitrogens with zero attached hydrogens (tertiary/aromatic N) is 2. The number of pyridine rings is 1. The zero-order valence-corrected chi connectivity index (χ0v) is 21.4. The van der Waals surface area contributed by atoms with Crippen LogP contribution in [0.5, 0.6) is 0 Å². The largest absolute Gasteiger partial charge is 0.478 e. The Kier molecular flexibility index (Phi) is 7.19. The molecule has 0 saturated carbocycles. The molecule has 2 atom stereocenters. The Morgan fingerprint density at radius 1 is 1.08 bits per heavy atom. The molecule has 38 heavy (non-hydrogen) atoms. The number of aryl methyl sites for hydroxylation is 1. The lowest BCUT2D eigenvalue weighted by atomic mass is 10.0. The third kappa shape index (κ3) is 5.28. The van der Waals surface area contributed by atoms with Crippen molar-refractivity contribution in [2.75, 3.05) is 11.9 Å². The lowest BCUT2D eigenvalue weighted by molar-refractivity contribution is -0.116. The number of carbonyl (C=O) groups excluding carboxylic acids is 1. The summed E-state index contributed by atoms with van der Waals surface area (Å²) in [5.41, 5.74) is 3.21. The Balaban J connectivity index is 1.43. The number of furan rings is 1. The second kappa shape index (κ2) is 10.9. The van der Waals surface area contributed by atoms with Crippen LogP contribution in [-0.2, 0) is 4.79 Å². The van der Waals surface area contributed by atoms with Gasteiger partial charge in [0.05, 0.1) is 17.3 Å². The summed E-state index contributed by atoms with van der Waals surface area (Å²) in [4.78, 5) is 31.0. The molecule has 5 rings (SSSR count). The summed E-state index contributed by atoms with van der Waals surface area (Å²) < 4.78 is 6.26. The summed E-state index contributed by atoms with van der Waals surface area (Å²) in [7, 11) is 0. The van der Waals surface area contributed by atoms with Gasteiger partial charge in [-0.25, -0.2) is 4.79 Å². The highest BCUT2D eigenvalue weighted by Gasteiger charge is 2.41. The minimum Gasteiger partial charge on any atom is -0.478 e. The molecule has 0 aliphatic carbocycles. The predicted octanol–water partition coefficient (Wildman–Crippen LogP) is 5.35. The van der Waals surface area contributed by atoms with Crippen molar-refractivity contribution in [2.24, 2.45) is 0 Å². The van der Waals surface area contributed by atoms with E-state index in [0.717, 1.165) is 16.9 Å². The number of hydrogen-bond donors (Lipinski definition) is 3. The van der Waals surface area contributed by atoms with E-state index >= 15 is 0 Å². The SMILES string of the molecule is Cc1cccc(NC(=O)CCN2C(=S)N[C@H](c3ccccn3)[C@H]2c2ccc(-c3ccccc3C(=O)O)o2)c1. The molecule has 8 nitrogen and oxygen atoms in total. The standard InChI is InChI=1S/C29H26N4O4S/c1-18-7-6-8-19(17-18)31-25(34)14-16-33-27(26(32-29(33)38)22-11-4-5-15-30-22)24-13-12-23(37-24)20-9-2-3-10-21(20)28(35)36/h2-13,15,17,26-27H,14,16H2,1H3,(H,31,34)(H,32,38)(H,35,36)/t26-,27-/m1/s1.